The van der Waals surface area contributed by atoms with Crippen LogP contribution in [0.2, 0.25) is 18.1 Å². The molecule has 0 N–H and O–H groups in total. The van der Waals surface area contributed by atoms with Crippen molar-refractivity contribution < 1.29 is 4.43 Å². The summed E-state index contributed by atoms with van der Waals surface area (Å²) in [5, 5.41) is 0.306. The summed E-state index contributed by atoms with van der Waals surface area (Å²) in [4.78, 5) is 0. The lowest BCUT2D eigenvalue weighted by atomic mass is 9.90. The van der Waals surface area contributed by atoms with Gasteiger partial charge in [0.2, 0.25) is 0 Å². The topological polar surface area (TPSA) is 9.23 Å². The molecule has 0 aromatic carbocycles. The van der Waals surface area contributed by atoms with Crippen LogP contribution in [0.25, 0.3) is 0 Å². The molecule has 0 heterocycles. The van der Waals surface area contributed by atoms with E-state index < -0.39 is 8.32 Å². The summed E-state index contributed by atoms with van der Waals surface area (Å²) in [7, 11) is -1.57. The van der Waals surface area contributed by atoms with E-state index in [9.17, 15) is 0 Å². The summed E-state index contributed by atoms with van der Waals surface area (Å²) in [5.74, 6) is 0. The Labute approximate surface area is 108 Å². The molecule has 0 aromatic heterocycles. The second-order valence-electron chi connectivity index (χ2n) is 6.67. The molecule has 98 valence electrons. The van der Waals surface area contributed by atoms with Gasteiger partial charge in [-0.3, -0.25) is 0 Å². The molecule has 1 rings (SSSR count). The van der Waals surface area contributed by atoms with Crippen LogP contribution < -0.4 is 0 Å². The molecular weight excluding hydrogens is 224 g/mol. The van der Waals surface area contributed by atoms with Gasteiger partial charge in [0.25, 0.3) is 0 Å². The van der Waals surface area contributed by atoms with Crippen molar-refractivity contribution >= 4 is 8.32 Å². The van der Waals surface area contributed by atoms with E-state index in [1.54, 1.807) is 5.57 Å². The molecule has 1 aliphatic carbocycles. The van der Waals surface area contributed by atoms with E-state index >= 15 is 0 Å². The Balaban J connectivity index is 2.30. The second-order valence-corrected chi connectivity index (χ2v) is 11.5. The third kappa shape index (κ3) is 4.44. The van der Waals surface area contributed by atoms with E-state index in [1.807, 2.05) is 0 Å². The van der Waals surface area contributed by atoms with Crippen LogP contribution in [0.15, 0.2) is 23.8 Å². The Morgan fingerprint density at radius 2 is 1.94 bits per heavy atom. The molecule has 0 amide bonds. The molecule has 2 heteroatoms. The highest BCUT2D eigenvalue weighted by Gasteiger charge is 2.36. The number of rotatable bonds is 5. The van der Waals surface area contributed by atoms with Gasteiger partial charge in [-0.2, -0.15) is 0 Å². The van der Waals surface area contributed by atoms with Crippen molar-refractivity contribution in [2.45, 2.75) is 64.6 Å². The molecule has 0 saturated heterocycles. The third-order valence-electron chi connectivity index (χ3n) is 4.10. The van der Waals surface area contributed by atoms with Gasteiger partial charge in [-0.05, 0) is 43.8 Å². The first kappa shape index (κ1) is 14.7. The first-order chi connectivity index (χ1) is 7.72. The first-order valence-electron chi connectivity index (χ1n) is 6.73. The maximum absolute atomic E-state index is 6.15. The number of hydrogen-bond acceptors (Lipinski definition) is 1. The molecule has 1 aliphatic rings. The van der Waals surface area contributed by atoms with Crippen molar-refractivity contribution in [3.63, 3.8) is 0 Å². The molecule has 0 aliphatic heterocycles. The predicted molar refractivity (Wildman–Crippen MR) is 78.8 cm³/mol. The van der Waals surface area contributed by atoms with Crippen LogP contribution in [0, 0.1) is 0 Å². The van der Waals surface area contributed by atoms with Crippen molar-refractivity contribution in [2.24, 2.45) is 0 Å². The summed E-state index contributed by atoms with van der Waals surface area (Å²) in [5.41, 5.74) is 2.81. The van der Waals surface area contributed by atoms with Crippen molar-refractivity contribution in [2.75, 3.05) is 6.61 Å². The molecule has 1 fully saturated rings. The number of hydrogen-bond donors (Lipinski definition) is 0. The first-order valence-corrected chi connectivity index (χ1v) is 9.64. The maximum Gasteiger partial charge on any atom is 0.191 e. The van der Waals surface area contributed by atoms with Crippen LogP contribution in [0.5, 0.6) is 0 Å². The molecule has 1 nitrogen and oxygen atoms in total. The van der Waals surface area contributed by atoms with Gasteiger partial charge in [-0.1, -0.05) is 44.6 Å². The summed E-state index contributed by atoms with van der Waals surface area (Å²) in [6, 6.07) is 0. The van der Waals surface area contributed by atoms with Gasteiger partial charge in [-0.25, -0.2) is 0 Å². The molecular formula is C15H28OSi. The second kappa shape index (κ2) is 5.53. The summed E-state index contributed by atoms with van der Waals surface area (Å²) < 4.78 is 6.15. The monoisotopic (exact) mass is 252 g/mol. The zero-order chi connectivity index (χ0) is 13.1. The van der Waals surface area contributed by atoms with E-state index in [4.69, 9.17) is 4.43 Å². The van der Waals surface area contributed by atoms with Gasteiger partial charge >= 0.3 is 0 Å². The van der Waals surface area contributed by atoms with Gasteiger partial charge in [0.1, 0.15) is 0 Å². The van der Waals surface area contributed by atoms with E-state index in [0.717, 1.165) is 13.0 Å². The van der Waals surface area contributed by atoms with Gasteiger partial charge in [-0.15, -0.1) is 0 Å². The minimum atomic E-state index is -1.57. The van der Waals surface area contributed by atoms with Crippen molar-refractivity contribution in [1.29, 1.82) is 0 Å². The normalized spacial score (nSPS) is 16.6. The largest absolute Gasteiger partial charge is 0.416 e. The van der Waals surface area contributed by atoms with E-state index in [0.29, 0.717) is 5.04 Å². The third-order valence-corrected chi connectivity index (χ3v) is 8.63. The van der Waals surface area contributed by atoms with Crippen molar-refractivity contribution in [3.05, 3.63) is 23.8 Å². The minimum absolute atomic E-state index is 0.306. The molecule has 0 spiro atoms. The van der Waals surface area contributed by atoms with Crippen LogP contribution >= 0.6 is 0 Å². The zero-order valence-electron chi connectivity index (χ0n) is 12.2. The fraction of sp³-hybridized carbons (Fsp3) is 0.733. The lowest BCUT2D eigenvalue weighted by Crippen LogP contribution is -2.41. The predicted octanol–water partition coefficient (Wildman–Crippen LogP) is 5.06. The van der Waals surface area contributed by atoms with Crippen LogP contribution in [-0.4, -0.2) is 14.9 Å². The van der Waals surface area contributed by atoms with Crippen molar-refractivity contribution in [3.8, 4) is 0 Å². The van der Waals surface area contributed by atoms with Gasteiger partial charge in [0.15, 0.2) is 8.32 Å². The van der Waals surface area contributed by atoms with Gasteiger partial charge < -0.3 is 4.43 Å². The van der Waals surface area contributed by atoms with Gasteiger partial charge in [0.05, 0.1) is 0 Å². The quantitative estimate of drug-likeness (QED) is 0.621. The molecule has 1 saturated carbocycles. The van der Waals surface area contributed by atoms with E-state index in [2.05, 4.69) is 46.5 Å². The summed E-state index contributed by atoms with van der Waals surface area (Å²) >= 11 is 0. The molecule has 0 radical (unpaired) electrons. The van der Waals surface area contributed by atoms with Crippen LogP contribution in [0.4, 0.5) is 0 Å². The fourth-order valence-electron chi connectivity index (χ4n) is 1.54. The Bertz CT molecular complexity index is 301. The Kier molecular flexibility index (Phi) is 4.79. The van der Waals surface area contributed by atoms with Crippen LogP contribution in [0.3, 0.4) is 0 Å². The molecule has 0 aromatic rings. The molecule has 0 atom stereocenters. The molecule has 0 bridgehead atoms. The van der Waals surface area contributed by atoms with Crippen LogP contribution in [-0.2, 0) is 4.43 Å². The SMILES string of the molecule is C=C(C=C1CCC1)CCO[Si](C)(C)C(C)(C)C. The zero-order valence-corrected chi connectivity index (χ0v) is 13.2. The van der Waals surface area contributed by atoms with E-state index in [1.165, 1.54) is 24.8 Å². The summed E-state index contributed by atoms with van der Waals surface area (Å²) in [6.07, 6.45) is 7.18. The fourth-order valence-corrected chi connectivity index (χ4v) is 2.59. The lowest BCUT2D eigenvalue weighted by Gasteiger charge is -2.36. The average Bonchev–Trinajstić information content (AvgIpc) is 2.09. The Hall–Kier alpha value is -0.343. The highest BCUT2D eigenvalue weighted by molar-refractivity contribution is 6.74. The highest BCUT2D eigenvalue weighted by Crippen LogP contribution is 2.36. The van der Waals surface area contributed by atoms with Crippen molar-refractivity contribution in [1.82, 2.24) is 0 Å². The standard InChI is InChI=1S/C15H28OSi/c1-13(12-14-8-7-9-14)10-11-16-17(5,6)15(2,3)4/h12H,1,7-11H2,2-6H3. The Morgan fingerprint density at radius 1 is 1.35 bits per heavy atom. The average molecular weight is 252 g/mol. The summed E-state index contributed by atoms with van der Waals surface area (Å²) in [6.45, 7) is 16.4. The number of allylic oxidation sites excluding steroid dienone is 2. The lowest BCUT2D eigenvalue weighted by molar-refractivity contribution is 0.292. The smallest absolute Gasteiger partial charge is 0.191 e. The molecule has 0 unspecified atom stereocenters. The maximum atomic E-state index is 6.15. The highest BCUT2D eigenvalue weighted by atomic mass is 28.4. The minimum Gasteiger partial charge on any atom is -0.416 e. The Morgan fingerprint density at radius 3 is 2.35 bits per heavy atom. The molecule has 17 heavy (non-hydrogen) atoms. The van der Waals surface area contributed by atoms with Crippen LogP contribution in [0.1, 0.15) is 46.5 Å². The van der Waals surface area contributed by atoms with E-state index in [-0.39, 0.29) is 0 Å². The van der Waals surface area contributed by atoms with Gasteiger partial charge in [0, 0.05) is 6.61 Å².